The first kappa shape index (κ1) is 50.5. The lowest BCUT2D eigenvalue weighted by molar-refractivity contribution is -0.164. The second kappa shape index (κ2) is 24.1. The smallest absolute Gasteiger partial charge is 0.419 e. The normalized spacial score (nSPS) is 11.4. The molecule has 0 atom stereocenters. The van der Waals surface area contributed by atoms with E-state index in [1.54, 1.807) is 35.0 Å². The Balaban J connectivity index is 1.08. The summed E-state index contributed by atoms with van der Waals surface area (Å²) in [6.45, 7) is 13.5. The van der Waals surface area contributed by atoms with Crippen LogP contribution >= 0.6 is 0 Å². The summed E-state index contributed by atoms with van der Waals surface area (Å²) in [6, 6.07) is 23.5. The van der Waals surface area contributed by atoms with E-state index in [1.165, 1.54) is 11.8 Å². The van der Waals surface area contributed by atoms with E-state index in [0.29, 0.717) is 43.7 Å². The number of allylic oxidation sites excluding steroid dienone is 1. The second-order valence-electron chi connectivity index (χ2n) is 17.4. The van der Waals surface area contributed by atoms with Gasteiger partial charge in [-0.05, 0) is 117 Å². The third-order valence-corrected chi connectivity index (χ3v) is 11.6. The van der Waals surface area contributed by atoms with Crippen molar-refractivity contribution in [1.29, 1.82) is 0 Å². The van der Waals surface area contributed by atoms with Crippen LogP contribution < -0.4 is 9.47 Å². The Kier molecular flexibility index (Phi) is 19.0. The third-order valence-electron chi connectivity index (χ3n) is 11.6. The van der Waals surface area contributed by atoms with Crippen LogP contribution in [0.2, 0.25) is 0 Å². The van der Waals surface area contributed by atoms with Crippen molar-refractivity contribution in [1.82, 2.24) is 9.80 Å². The Hall–Kier alpha value is -6.11. The highest BCUT2D eigenvalue weighted by Gasteiger charge is 2.31. The number of imide groups is 1. The average Bonchev–Trinajstić information content (AvgIpc) is 3.26. The van der Waals surface area contributed by atoms with Crippen LogP contribution in [0.3, 0.4) is 0 Å². The Morgan fingerprint density at radius 1 is 0.547 bits per heavy atom. The Labute approximate surface area is 377 Å². The van der Waals surface area contributed by atoms with Crippen molar-refractivity contribution in [2.24, 2.45) is 10.8 Å². The number of ether oxygens (including phenoxy) is 6. The molecular weight excluding hydrogens is 817 g/mol. The molecule has 4 aromatic rings. The fourth-order valence-corrected chi connectivity index (χ4v) is 7.46. The molecule has 0 N–H and O–H groups in total. The summed E-state index contributed by atoms with van der Waals surface area (Å²) in [5.41, 5.74) is 0.961. The maximum absolute atomic E-state index is 13.0. The molecule has 0 saturated heterocycles. The summed E-state index contributed by atoms with van der Waals surface area (Å²) >= 11 is 0. The van der Waals surface area contributed by atoms with Crippen molar-refractivity contribution in [2.75, 3.05) is 40.9 Å². The van der Waals surface area contributed by atoms with E-state index in [-0.39, 0.29) is 6.54 Å². The fourth-order valence-electron chi connectivity index (χ4n) is 7.46. The zero-order valence-corrected chi connectivity index (χ0v) is 38.9. The number of unbranched alkanes of at least 4 members (excludes halogenated alkanes) is 5. The lowest BCUT2D eigenvalue weighted by Gasteiger charge is -2.24. The fraction of sp³-hybridized carbons (Fsp3) is 0.471. The number of benzene rings is 4. The van der Waals surface area contributed by atoms with Gasteiger partial charge >= 0.3 is 24.1 Å². The van der Waals surface area contributed by atoms with Crippen LogP contribution in [-0.4, -0.2) is 80.7 Å². The number of methoxy groups -OCH3 is 2. The van der Waals surface area contributed by atoms with E-state index in [2.05, 4.69) is 6.58 Å². The topological polar surface area (TPSA) is 147 Å². The van der Waals surface area contributed by atoms with Crippen molar-refractivity contribution in [2.45, 2.75) is 106 Å². The van der Waals surface area contributed by atoms with Crippen molar-refractivity contribution >= 4 is 51.6 Å². The minimum Gasteiger partial charge on any atom is -0.497 e. The number of nitrogens with zero attached hydrogens (tertiary/aromatic N) is 2. The highest BCUT2D eigenvalue weighted by atomic mass is 16.7. The maximum atomic E-state index is 13.0. The number of carbonyl (C=O) groups is 5. The number of hydrogen-bond acceptors (Lipinski definition) is 11. The van der Waals surface area contributed by atoms with Crippen molar-refractivity contribution in [3.63, 3.8) is 0 Å². The Morgan fingerprint density at radius 2 is 0.953 bits per heavy atom. The van der Waals surface area contributed by atoms with Gasteiger partial charge in [-0.3, -0.25) is 19.3 Å². The number of carbonyl (C=O) groups excluding carboxylic acids is 5. The molecule has 13 nitrogen and oxygen atoms in total. The van der Waals surface area contributed by atoms with E-state index in [1.807, 2.05) is 86.6 Å². The molecule has 0 aliphatic carbocycles. The predicted octanol–water partition coefficient (Wildman–Crippen LogP) is 10.9. The maximum Gasteiger partial charge on any atom is 0.419 e. The van der Waals surface area contributed by atoms with Crippen LogP contribution in [0, 0.1) is 10.8 Å². The molecule has 0 spiro atoms. The van der Waals surface area contributed by atoms with Gasteiger partial charge in [0.1, 0.15) is 11.5 Å². The van der Waals surface area contributed by atoms with E-state index in [0.717, 1.165) is 81.8 Å². The van der Waals surface area contributed by atoms with E-state index < -0.39 is 54.4 Å². The summed E-state index contributed by atoms with van der Waals surface area (Å²) < 4.78 is 32.0. The van der Waals surface area contributed by atoms with Gasteiger partial charge in [0.25, 0.3) is 0 Å². The summed E-state index contributed by atoms with van der Waals surface area (Å²) in [5, 5.41) is 4.09. The number of esters is 2. The van der Waals surface area contributed by atoms with Gasteiger partial charge in [0.2, 0.25) is 19.5 Å². The lowest BCUT2D eigenvalue weighted by Crippen LogP contribution is -2.38. The van der Waals surface area contributed by atoms with E-state index >= 15 is 0 Å². The molecule has 0 aliphatic heterocycles. The summed E-state index contributed by atoms with van der Waals surface area (Å²) in [7, 11) is 3.23. The van der Waals surface area contributed by atoms with Gasteiger partial charge < -0.3 is 28.4 Å². The van der Waals surface area contributed by atoms with E-state index in [9.17, 15) is 24.0 Å². The zero-order chi connectivity index (χ0) is 46.9. The number of rotatable bonds is 24. The lowest BCUT2D eigenvalue weighted by atomic mass is 9.86. The molecule has 64 heavy (non-hydrogen) atoms. The highest BCUT2D eigenvalue weighted by molar-refractivity contribution is 5.91. The molecular formula is C51H66N2O11. The molecule has 0 saturated carbocycles. The second-order valence-corrected chi connectivity index (χ2v) is 17.4. The first-order chi connectivity index (χ1) is 30.5. The molecule has 0 fully saturated rings. The molecule has 3 amide bonds. The largest absolute Gasteiger partial charge is 0.497 e. The number of hydrogen-bond donors (Lipinski definition) is 0. The van der Waals surface area contributed by atoms with Crippen LogP contribution in [0.1, 0.15) is 104 Å². The molecule has 4 rings (SSSR count). The average molecular weight is 883 g/mol. The Bertz CT molecular complexity index is 2090. The zero-order valence-electron chi connectivity index (χ0n) is 38.9. The molecule has 0 heterocycles. The predicted molar refractivity (Wildman–Crippen MR) is 247 cm³/mol. The van der Waals surface area contributed by atoms with Gasteiger partial charge in [0.05, 0.1) is 25.0 Å². The van der Waals surface area contributed by atoms with Gasteiger partial charge in [0.15, 0.2) is 0 Å². The third kappa shape index (κ3) is 14.7. The summed E-state index contributed by atoms with van der Waals surface area (Å²) in [5.74, 6) is 0.0550. The Morgan fingerprint density at radius 3 is 1.36 bits per heavy atom. The molecule has 346 valence electrons. The molecule has 0 aromatic heterocycles. The van der Waals surface area contributed by atoms with Crippen LogP contribution in [0.25, 0.3) is 21.5 Å². The van der Waals surface area contributed by atoms with Crippen LogP contribution in [0.15, 0.2) is 85.1 Å². The van der Waals surface area contributed by atoms with E-state index in [4.69, 9.17) is 28.4 Å². The molecule has 0 aliphatic rings. The molecule has 4 aromatic carbocycles. The highest BCUT2D eigenvalue weighted by Crippen LogP contribution is 2.29. The first-order valence-corrected chi connectivity index (χ1v) is 22.0. The SMILES string of the molecule is C=C(C)N(CCc1cccc2ccc(OC)cc12)C(=O)OCOC(=O)C(C)(C)CCCCCCCCC(C)(C)C(=O)OCOC(=O)N(CCc1cccc2ccc(OC)cc12)C(C)=O. The first-order valence-electron chi connectivity index (χ1n) is 22.0. The van der Waals surface area contributed by atoms with Crippen LogP contribution in [0.4, 0.5) is 9.59 Å². The van der Waals surface area contributed by atoms with Crippen molar-refractivity contribution < 1.29 is 52.4 Å². The summed E-state index contributed by atoms with van der Waals surface area (Å²) in [4.78, 5) is 66.4. The van der Waals surface area contributed by atoms with Crippen LogP contribution in [0.5, 0.6) is 11.5 Å². The molecule has 0 unspecified atom stereocenters. The molecule has 0 bridgehead atoms. The monoisotopic (exact) mass is 882 g/mol. The minimum atomic E-state index is -0.880. The standard InChI is InChI=1S/C51H66N2O11/c1-36(2)52(30-26-40-20-16-18-38-22-24-42(59-8)32-44(38)40)48(57)63-34-61-46(55)50(4,5)28-14-12-10-11-13-15-29-51(6,7)47(56)62-35-64-49(58)53(37(3)54)31-27-41-21-17-19-39-23-25-43(60-9)33-45(39)41/h16-25,32-33H,1,10-15,26-31,34-35H2,2-9H3. The van der Waals surface area contributed by atoms with Gasteiger partial charge in [-0.2, -0.15) is 0 Å². The van der Waals surface area contributed by atoms with Crippen molar-refractivity contribution in [3.05, 3.63) is 96.2 Å². The number of fused-ring (bicyclic) bond motifs is 2. The van der Waals surface area contributed by atoms with Crippen molar-refractivity contribution in [3.8, 4) is 11.5 Å². The van der Waals surface area contributed by atoms with Crippen LogP contribution in [-0.2, 0) is 46.2 Å². The molecule has 0 radical (unpaired) electrons. The number of amides is 3. The van der Waals surface area contributed by atoms with Gasteiger partial charge in [-0.15, -0.1) is 0 Å². The van der Waals surface area contributed by atoms with Gasteiger partial charge in [-0.25, -0.2) is 14.5 Å². The minimum absolute atomic E-state index is 0.0922. The summed E-state index contributed by atoms with van der Waals surface area (Å²) in [6.07, 6.45) is 6.03. The van der Waals surface area contributed by atoms with Gasteiger partial charge in [0, 0.05) is 25.7 Å². The van der Waals surface area contributed by atoms with Gasteiger partial charge in [-0.1, -0.05) is 93.6 Å². The molecule has 13 heteroatoms. The quantitative estimate of drug-likeness (QED) is 0.0376.